The molecule has 98 valence electrons. The number of benzene rings is 1. The minimum Gasteiger partial charge on any atom is -0.399 e. The molecule has 0 atom stereocenters. The molecule has 1 heterocycles. The fourth-order valence-electron chi connectivity index (χ4n) is 1.38. The Labute approximate surface area is 113 Å². The van der Waals surface area contributed by atoms with E-state index in [-0.39, 0.29) is 15.6 Å². The Morgan fingerprint density at radius 1 is 1.47 bits per heavy atom. The van der Waals surface area contributed by atoms with Gasteiger partial charge in [0.25, 0.3) is 10.0 Å². The minimum atomic E-state index is -3.88. The normalized spacial score (nSPS) is 10.9. The van der Waals surface area contributed by atoms with E-state index in [0.29, 0.717) is 11.5 Å². The van der Waals surface area contributed by atoms with Crippen LogP contribution in [0, 0.1) is 18.3 Å². The van der Waals surface area contributed by atoms with Crippen molar-refractivity contribution in [2.24, 2.45) is 0 Å². The number of hydrogen-bond donors (Lipinski definition) is 2. The van der Waals surface area contributed by atoms with Gasteiger partial charge in [-0.15, -0.1) is 0 Å². The van der Waals surface area contributed by atoms with Crippen molar-refractivity contribution in [1.29, 1.82) is 5.26 Å². The van der Waals surface area contributed by atoms with Gasteiger partial charge in [0.05, 0.1) is 5.56 Å². The lowest BCUT2D eigenvalue weighted by Gasteiger charge is -2.06. The van der Waals surface area contributed by atoms with Gasteiger partial charge in [-0.1, -0.05) is 0 Å². The molecule has 19 heavy (non-hydrogen) atoms. The lowest BCUT2D eigenvalue weighted by Crippen LogP contribution is -2.14. The number of hydrogen-bond acceptors (Lipinski definition) is 7. The Bertz CT molecular complexity index is 760. The van der Waals surface area contributed by atoms with Gasteiger partial charge in [0, 0.05) is 17.2 Å². The van der Waals surface area contributed by atoms with E-state index in [9.17, 15) is 8.42 Å². The van der Waals surface area contributed by atoms with Crippen LogP contribution in [0.1, 0.15) is 11.4 Å². The zero-order chi connectivity index (χ0) is 14.0. The third kappa shape index (κ3) is 2.81. The highest BCUT2D eigenvalue weighted by molar-refractivity contribution is 7.93. The summed E-state index contributed by atoms with van der Waals surface area (Å²) < 4.78 is 30.4. The van der Waals surface area contributed by atoms with E-state index < -0.39 is 10.0 Å². The number of aromatic nitrogens is 2. The van der Waals surface area contributed by atoms with Gasteiger partial charge < -0.3 is 5.73 Å². The number of anilines is 2. The van der Waals surface area contributed by atoms with Gasteiger partial charge in [0.15, 0.2) is 0 Å². The van der Waals surface area contributed by atoms with E-state index in [2.05, 4.69) is 14.1 Å². The third-order valence-electron chi connectivity index (χ3n) is 2.16. The van der Waals surface area contributed by atoms with Crippen LogP contribution in [-0.4, -0.2) is 17.8 Å². The van der Waals surface area contributed by atoms with Crippen molar-refractivity contribution in [2.75, 3.05) is 10.5 Å². The molecule has 2 rings (SSSR count). The van der Waals surface area contributed by atoms with Crippen LogP contribution >= 0.6 is 11.5 Å². The van der Waals surface area contributed by atoms with E-state index in [4.69, 9.17) is 11.0 Å². The second-order valence-corrected chi connectivity index (χ2v) is 6.02. The van der Waals surface area contributed by atoms with Crippen LogP contribution in [0.15, 0.2) is 23.1 Å². The van der Waals surface area contributed by atoms with Crippen molar-refractivity contribution in [3.63, 3.8) is 0 Å². The van der Waals surface area contributed by atoms with Crippen molar-refractivity contribution in [2.45, 2.75) is 11.8 Å². The smallest absolute Gasteiger partial charge is 0.265 e. The van der Waals surface area contributed by atoms with Crippen molar-refractivity contribution >= 4 is 32.4 Å². The van der Waals surface area contributed by atoms with Crippen molar-refractivity contribution in [3.05, 3.63) is 29.6 Å². The molecular formula is C10H9N5O2S2. The maximum Gasteiger partial charge on any atom is 0.265 e. The zero-order valence-corrected chi connectivity index (χ0v) is 11.4. The molecule has 1 aromatic carbocycles. The molecule has 1 aromatic heterocycles. The molecule has 0 amide bonds. The van der Waals surface area contributed by atoms with Crippen LogP contribution < -0.4 is 10.5 Å². The first-order chi connectivity index (χ1) is 8.92. The summed E-state index contributed by atoms with van der Waals surface area (Å²) in [7, 11) is -3.88. The van der Waals surface area contributed by atoms with Crippen LogP contribution in [0.25, 0.3) is 0 Å². The molecule has 0 saturated carbocycles. The van der Waals surface area contributed by atoms with E-state index in [1.54, 1.807) is 13.0 Å². The molecule has 0 aliphatic carbocycles. The molecular weight excluding hydrogens is 286 g/mol. The van der Waals surface area contributed by atoms with Crippen LogP contribution in [0.2, 0.25) is 0 Å². The SMILES string of the molecule is Cc1nsc(NS(=O)(=O)c2ccc(N)cc2C#N)n1. The largest absolute Gasteiger partial charge is 0.399 e. The Morgan fingerprint density at radius 3 is 2.79 bits per heavy atom. The van der Waals surface area contributed by atoms with Crippen LogP contribution in [0.4, 0.5) is 10.8 Å². The predicted octanol–water partition coefficient (Wildman–Crippen LogP) is 1.10. The lowest BCUT2D eigenvalue weighted by atomic mass is 10.2. The van der Waals surface area contributed by atoms with Gasteiger partial charge in [0.2, 0.25) is 5.13 Å². The first-order valence-corrected chi connectivity index (χ1v) is 7.31. The molecule has 2 aromatic rings. The van der Waals surface area contributed by atoms with Crippen molar-refractivity contribution in [3.8, 4) is 6.07 Å². The Kier molecular flexibility index (Phi) is 3.37. The first-order valence-electron chi connectivity index (χ1n) is 5.05. The summed E-state index contributed by atoms with van der Waals surface area (Å²) in [5.41, 5.74) is 5.82. The average molecular weight is 295 g/mol. The summed E-state index contributed by atoms with van der Waals surface area (Å²) in [4.78, 5) is 3.76. The molecule has 9 heteroatoms. The number of nitriles is 1. The summed E-state index contributed by atoms with van der Waals surface area (Å²) >= 11 is 0.929. The number of aryl methyl sites for hydroxylation is 1. The summed E-state index contributed by atoms with van der Waals surface area (Å²) in [5, 5.41) is 9.10. The Hall–Kier alpha value is -2.18. The van der Waals surface area contributed by atoms with Crippen LogP contribution in [0.5, 0.6) is 0 Å². The molecule has 0 unspecified atom stereocenters. The maximum atomic E-state index is 12.1. The van der Waals surface area contributed by atoms with E-state index in [1.165, 1.54) is 18.2 Å². The monoisotopic (exact) mass is 295 g/mol. The molecule has 0 aliphatic rings. The Balaban J connectivity index is 2.43. The molecule has 0 bridgehead atoms. The van der Waals surface area contributed by atoms with Crippen molar-refractivity contribution in [1.82, 2.24) is 9.36 Å². The average Bonchev–Trinajstić information content (AvgIpc) is 2.73. The summed E-state index contributed by atoms with van der Waals surface area (Å²) in [6.45, 7) is 1.65. The number of nitrogen functional groups attached to an aromatic ring is 1. The highest BCUT2D eigenvalue weighted by Crippen LogP contribution is 2.22. The van der Waals surface area contributed by atoms with Gasteiger partial charge in [-0.05, 0) is 25.1 Å². The molecule has 0 fully saturated rings. The van der Waals surface area contributed by atoms with Gasteiger partial charge in [0.1, 0.15) is 16.8 Å². The van der Waals surface area contributed by atoms with Gasteiger partial charge >= 0.3 is 0 Å². The predicted molar refractivity (Wildman–Crippen MR) is 71.0 cm³/mol. The highest BCUT2D eigenvalue weighted by atomic mass is 32.2. The highest BCUT2D eigenvalue weighted by Gasteiger charge is 2.20. The Morgan fingerprint density at radius 2 is 2.21 bits per heavy atom. The standard InChI is InChI=1S/C10H9N5O2S2/c1-6-13-10(18-14-6)15-19(16,17)9-3-2-8(12)4-7(9)5-11/h2-4H,12H2,1H3,(H,13,14,15). The number of nitrogens with two attached hydrogens (primary N) is 1. The summed E-state index contributed by atoms with van der Waals surface area (Å²) in [6.07, 6.45) is 0. The zero-order valence-electron chi connectivity index (χ0n) is 9.78. The van der Waals surface area contributed by atoms with E-state index in [0.717, 1.165) is 11.5 Å². The number of nitrogens with one attached hydrogen (secondary N) is 1. The van der Waals surface area contributed by atoms with Crippen LogP contribution in [-0.2, 0) is 10.0 Å². The molecule has 0 radical (unpaired) electrons. The number of nitrogens with zero attached hydrogens (tertiary/aromatic N) is 3. The quantitative estimate of drug-likeness (QED) is 0.818. The summed E-state index contributed by atoms with van der Waals surface area (Å²) in [5.74, 6) is 0.473. The van der Waals surface area contributed by atoms with Gasteiger partial charge in [-0.3, -0.25) is 4.72 Å². The van der Waals surface area contributed by atoms with Gasteiger partial charge in [-0.2, -0.15) is 9.64 Å². The second-order valence-electron chi connectivity index (χ2n) is 3.62. The molecule has 0 spiro atoms. The fourth-order valence-corrected chi connectivity index (χ4v) is 3.32. The van der Waals surface area contributed by atoms with Gasteiger partial charge in [-0.25, -0.2) is 13.4 Å². The molecule has 0 saturated heterocycles. The minimum absolute atomic E-state index is 0.0197. The van der Waals surface area contributed by atoms with Crippen molar-refractivity contribution < 1.29 is 8.42 Å². The number of sulfonamides is 1. The van der Waals surface area contributed by atoms with E-state index >= 15 is 0 Å². The van der Waals surface area contributed by atoms with Crippen LogP contribution in [0.3, 0.4) is 0 Å². The van der Waals surface area contributed by atoms with E-state index in [1.807, 2.05) is 0 Å². The third-order valence-corrected chi connectivity index (χ3v) is 4.41. The molecule has 3 N–H and O–H groups in total. The molecule has 7 nitrogen and oxygen atoms in total. The first kappa shape index (κ1) is 13.3. The number of rotatable bonds is 3. The molecule has 0 aliphatic heterocycles. The fraction of sp³-hybridized carbons (Fsp3) is 0.100. The second kappa shape index (κ2) is 4.83. The maximum absolute atomic E-state index is 12.1. The summed E-state index contributed by atoms with van der Waals surface area (Å²) in [6, 6.07) is 5.81. The topological polar surface area (TPSA) is 122 Å². The lowest BCUT2D eigenvalue weighted by molar-refractivity contribution is 0.601.